The van der Waals surface area contributed by atoms with Gasteiger partial charge in [-0.25, -0.2) is 8.42 Å². The summed E-state index contributed by atoms with van der Waals surface area (Å²) in [5.74, 6) is 0.779. The number of methoxy groups -OCH3 is 2. The predicted octanol–water partition coefficient (Wildman–Crippen LogP) is 3.58. The molecule has 0 bridgehead atoms. The fraction of sp³-hybridized carbons (Fsp3) is 0.481. The Morgan fingerprint density at radius 2 is 1.65 bits per heavy atom. The van der Waals surface area contributed by atoms with Gasteiger partial charge in [-0.05, 0) is 49.1 Å². The molecule has 2 aromatic rings. The van der Waals surface area contributed by atoms with Crippen molar-refractivity contribution >= 4 is 27.5 Å². The van der Waals surface area contributed by atoms with Crippen LogP contribution in [-0.2, 0) is 26.2 Å². The quantitative estimate of drug-likeness (QED) is 0.375. The minimum atomic E-state index is -3.59. The van der Waals surface area contributed by atoms with Crippen molar-refractivity contribution in [2.45, 2.75) is 52.1 Å². The van der Waals surface area contributed by atoms with E-state index in [1.54, 1.807) is 36.3 Å². The van der Waals surface area contributed by atoms with Crippen LogP contribution in [0.5, 0.6) is 11.5 Å². The Kier molecular flexibility index (Phi) is 11.7. The average molecular weight is 534 g/mol. The summed E-state index contributed by atoms with van der Waals surface area (Å²) >= 11 is 0. The lowest BCUT2D eigenvalue weighted by molar-refractivity contribution is -0.141. The number of nitrogens with zero attached hydrogens (tertiary/aromatic N) is 2. The molecule has 2 aromatic carbocycles. The third kappa shape index (κ3) is 8.96. The summed E-state index contributed by atoms with van der Waals surface area (Å²) in [6.45, 7) is 4.72. The highest BCUT2D eigenvalue weighted by atomic mass is 32.2. The molecule has 0 spiro atoms. The molecule has 0 aliphatic carbocycles. The fourth-order valence-corrected chi connectivity index (χ4v) is 4.98. The standard InChI is InChI=1S/C27H39N3O6S/c1-6-16-28-27(32)25(7-2)29(20-21-11-8-13-23(18-21)35-3)26(31)15-10-17-30(37(5,33)34)22-12-9-14-24(19-22)36-4/h8-9,11-14,18-19,25H,6-7,10,15-17,20H2,1-5H3,(H,28,32)/t25-/m0/s1. The summed E-state index contributed by atoms with van der Waals surface area (Å²) in [5.41, 5.74) is 1.30. The van der Waals surface area contributed by atoms with Crippen LogP contribution in [0.1, 0.15) is 45.1 Å². The highest BCUT2D eigenvalue weighted by Gasteiger charge is 2.28. The molecule has 0 heterocycles. The van der Waals surface area contributed by atoms with E-state index in [2.05, 4.69) is 5.32 Å². The first-order chi connectivity index (χ1) is 17.6. The van der Waals surface area contributed by atoms with Crippen molar-refractivity contribution in [1.29, 1.82) is 0 Å². The van der Waals surface area contributed by atoms with E-state index >= 15 is 0 Å². The molecule has 0 aliphatic rings. The number of hydrogen-bond donors (Lipinski definition) is 1. The van der Waals surface area contributed by atoms with Crippen LogP contribution in [0.3, 0.4) is 0 Å². The van der Waals surface area contributed by atoms with Crippen LogP contribution < -0.4 is 19.1 Å². The minimum absolute atomic E-state index is 0.0809. The van der Waals surface area contributed by atoms with Gasteiger partial charge in [-0.1, -0.05) is 32.0 Å². The normalized spacial score (nSPS) is 11.9. The number of ether oxygens (including phenoxy) is 2. The van der Waals surface area contributed by atoms with Crippen molar-refractivity contribution in [3.63, 3.8) is 0 Å². The SMILES string of the molecule is CCCNC(=O)[C@H](CC)N(Cc1cccc(OC)c1)C(=O)CCCN(c1cccc(OC)c1)S(C)(=O)=O. The van der Waals surface area contributed by atoms with E-state index < -0.39 is 16.1 Å². The number of hydrogen-bond acceptors (Lipinski definition) is 6. The number of carbonyl (C=O) groups is 2. The lowest BCUT2D eigenvalue weighted by Gasteiger charge is -2.31. The van der Waals surface area contributed by atoms with E-state index in [0.717, 1.165) is 18.2 Å². The van der Waals surface area contributed by atoms with Gasteiger partial charge in [0.15, 0.2) is 0 Å². The summed E-state index contributed by atoms with van der Waals surface area (Å²) in [5, 5.41) is 2.90. The van der Waals surface area contributed by atoms with Crippen molar-refractivity contribution < 1.29 is 27.5 Å². The number of nitrogens with one attached hydrogen (secondary N) is 1. The molecular weight excluding hydrogens is 494 g/mol. The van der Waals surface area contributed by atoms with Gasteiger partial charge in [-0.15, -0.1) is 0 Å². The van der Waals surface area contributed by atoms with Crippen molar-refractivity contribution in [2.75, 3.05) is 37.9 Å². The highest BCUT2D eigenvalue weighted by molar-refractivity contribution is 7.92. The Hall–Kier alpha value is -3.27. The zero-order valence-electron chi connectivity index (χ0n) is 22.4. The molecule has 0 saturated carbocycles. The van der Waals surface area contributed by atoms with Crippen molar-refractivity contribution in [3.05, 3.63) is 54.1 Å². The van der Waals surface area contributed by atoms with Crippen LogP contribution in [0.4, 0.5) is 5.69 Å². The molecule has 0 fully saturated rings. The summed E-state index contributed by atoms with van der Waals surface area (Å²) in [6.07, 6.45) is 2.74. The van der Waals surface area contributed by atoms with E-state index in [0.29, 0.717) is 30.2 Å². The lowest BCUT2D eigenvalue weighted by atomic mass is 10.1. The predicted molar refractivity (Wildman–Crippen MR) is 145 cm³/mol. The first kappa shape index (κ1) is 30.0. The maximum atomic E-state index is 13.5. The van der Waals surface area contributed by atoms with Crippen LogP contribution in [0.25, 0.3) is 0 Å². The summed E-state index contributed by atoms with van der Waals surface area (Å²) < 4.78 is 36.8. The van der Waals surface area contributed by atoms with Crippen LogP contribution in [-0.4, -0.2) is 64.7 Å². The minimum Gasteiger partial charge on any atom is -0.497 e. The zero-order valence-corrected chi connectivity index (χ0v) is 23.2. The van der Waals surface area contributed by atoms with Gasteiger partial charge in [-0.2, -0.15) is 0 Å². The van der Waals surface area contributed by atoms with Gasteiger partial charge < -0.3 is 19.7 Å². The molecule has 2 amide bonds. The Bertz CT molecular complexity index is 1140. The monoisotopic (exact) mass is 533 g/mol. The van der Waals surface area contributed by atoms with Gasteiger partial charge in [-0.3, -0.25) is 13.9 Å². The van der Waals surface area contributed by atoms with E-state index in [1.165, 1.54) is 11.4 Å². The topological polar surface area (TPSA) is 105 Å². The Morgan fingerprint density at radius 1 is 1.00 bits per heavy atom. The van der Waals surface area contributed by atoms with Gasteiger partial charge in [0.2, 0.25) is 21.8 Å². The molecule has 204 valence electrons. The third-order valence-corrected chi connectivity index (χ3v) is 7.11. The average Bonchev–Trinajstić information content (AvgIpc) is 2.89. The number of carbonyl (C=O) groups excluding carboxylic acids is 2. The fourth-order valence-electron chi connectivity index (χ4n) is 4.02. The third-order valence-electron chi connectivity index (χ3n) is 5.92. The molecule has 1 atom stereocenters. The Balaban J connectivity index is 2.23. The second-order valence-corrected chi connectivity index (χ2v) is 10.6. The van der Waals surface area contributed by atoms with Crippen molar-refractivity contribution in [1.82, 2.24) is 10.2 Å². The zero-order chi connectivity index (χ0) is 27.4. The van der Waals surface area contributed by atoms with Gasteiger partial charge >= 0.3 is 0 Å². The van der Waals surface area contributed by atoms with Crippen LogP contribution in [0.15, 0.2) is 48.5 Å². The largest absolute Gasteiger partial charge is 0.497 e. The molecule has 0 aromatic heterocycles. The highest BCUT2D eigenvalue weighted by Crippen LogP contribution is 2.24. The molecule has 0 radical (unpaired) electrons. The molecule has 0 saturated heterocycles. The Morgan fingerprint density at radius 3 is 2.24 bits per heavy atom. The molecule has 0 aliphatic heterocycles. The molecule has 0 unspecified atom stereocenters. The van der Waals surface area contributed by atoms with Crippen LogP contribution >= 0.6 is 0 Å². The van der Waals surface area contributed by atoms with Crippen LogP contribution in [0.2, 0.25) is 0 Å². The summed E-state index contributed by atoms with van der Waals surface area (Å²) in [6, 6.07) is 13.5. The number of amides is 2. The first-order valence-corrected chi connectivity index (χ1v) is 14.3. The van der Waals surface area contributed by atoms with E-state index in [9.17, 15) is 18.0 Å². The molecule has 37 heavy (non-hydrogen) atoms. The van der Waals surface area contributed by atoms with Crippen molar-refractivity contribution in [3.8, 4) is 11.5 Å². The lowest BCUT2D eigenvalue weighted by Crippen LogP contribution is -2.49. The van der Waals surface area contributed by atoms with Gasteiger partial charge in [0.05, 0.1) is 26.2 Å². The van der Waals surface area contributed by atoms with Gasteiger partial charge in [0.25, 0.3) is 0 Å². The van der Waals surface area contributed by atoms with E-state index in [-0.39, 0.29) is 37.7 Å². The van der Waals surface area contributed by atoms with E-state index in [1.807, 2.05) is 38.1 Å². The second-order valence-electron chi connectivity index (χ2n) is 8.73. The molecule has 1 N–H and O–H groups in total. The van der Waals surface area contributed by atoms with Crippen molar-refractivity contribution in [2.24, 2.45) is 0 Å². The maximum Gasteiger partial charge on any atom is 0.242 e. The molecular formula is C27H39N3O6S. The number of benzene rings is 2. The molecule has 10 heteroatoms. The van der Waals surface area contributed by atoms with Crippen LogP contribution in [0, 0.1) is 0 Å². The summed E-state index contributed by atoms with van der Waals surface area (Å²) in [4.78, 5) is 28.0. The number of sulfonamides is 1. The maximum absolute atomic E-state index is 13.5. The van der Waals surface area contributed by atoms with Gasteiger partial charge in [0, 0.05) is 32.1 Å². The van der Waals surface area contributed by atoms with Gasteiger partial charge in [0.1, 0.15) is 17.5 Å². The molecule has 9 nitrogen and oxygen atoms in total. The second kappa shape index (κ2) is 14.5. The van der Waals surface area contributed by atoms with E-state index in [4.69, 9.17) is 9.47 Å². The number of anilines is 1. The first-order valence-electron chi connectivity index (χ1n) is 12.5. The Labute approximate surface area is 220 Å². The summed E-state index contributed by atoms with van der Waals surface area (Å²) in [7, 11) is -0.499. The number of rotatable bonds is 15. The smallest absolute Gasteiger partial charge is 0.242 e. The molecule has 2 rings (SSSR count).